The van der Waals surface area contributed by atoms with Crippen LogP contribution < -0.4 is 5.32 Å². The molecule has 0 saturated heterocycles. The summed E-state index contributed by atoms with van der Waals surface area (Å²) in [6.45, 7) is 0.925. The number of hydrogen-bond donors (Lipinski definition) is 2. The lowest BCUT2D eigenvalue weighted by atomic mass is 9.87. The van der Waals surface area contributed by atoms with E-state index in [-0.39, 0.29) is 23.4 Å². The summed E-state index contributed by atoms with van der Waals surface area (Å²) in [6.07, 6.45) is 3.79. The lowest BCUT2D eigenvalue weighted by Gasteiger charge is -2.28. The van der Waals surface area contributed by atoms with Crippen LogP contribution in [0.15, 0.2) is 42.5 Å². The number of rotatable bonds is 6. The standard InChI is InChI=1S/C21H23F2NO3/c22-17-3-1-2-15(10-17)13-27-18-7-4-14(5-8-18)12-24-21(26)16-6-9-20(25)19(23)11-16/h1-3,6,9-11,14,18,25H,4-5,7-8,12-13H2,(H,24,26). The summed E-state index contributed by atoms with van der Waals surface area (Å²) in [7, 11) is 0. The zero-order valence-electron chi connectivity index (χ0n) is 15.0. The minimum Gasteiger partial charge on any atom is -0.505 e. The molecule has 2 aromatic rings. The van der Waals surface area contributed by atoms with Crippen molar-refractivity contribution >= 4 is 5.91 Å². The Bertz CT molecular complexity index is 789. The molecular formula is C21H23F2NO3. The van der Waals surface area contributed by atoms with Crippen LogP contribution >= 0.6 is 0 Å². The zero-order valence-corrected chi connectivity index (χ0v) is 15.0. The Balaban J connectivity index is 1.39. The Morgan fingerprint density at radius 3 is 2.59 bits per heavy atom. The Hall–Kier alpha value is -2.47. The third-order valence-corrected chi connectivity index (χ3v) is 4.93. The first kappa shape index (κ1) is 19.3. The second kappa shape index (κ2) is 8.95. The van der Waals surface area contributed by atoms with Gasteiger partial charge in [-0.15, -0.1) is 0 Å². The molecule has 0 bridgehead atoms. The molecule has 0 aromatic heterocycles. The maximum atomic E-state index is 13.3. The molecule has 2 aromatic carbocycles. The highest BCUT2D eigenvalue weighted by Gasteiger charge is 2.22. The quantitative estimate of drug-likeness (QED) is 0.797. The summed E-state index contributed by atoms with van der Waals surface area (Å²) in [5.41, 5.74) is 1.02. The summed E-state index contributed by atoms with van der Waals surface area (Å²) in [5, 5.41) is 12.0. The third kappa shape index (κ3) is 5.50. The molecule has 144 valence electrons. The smallest absolute Gasteiger partial charge is 0.251 e. The summed E-state index contributed by atoms with van der Waals surface area (Å²) in [5.74, 6) is -1.53. The van der Waals surface area contributed by atoms with Gasteiger partial charge in [-0.05, 0) is 67.5 Å². The monoisotopic (exact) mass is 375 g/mol. The fraction of sp³-hybridized carbons (Fsp3) is 0.381. The first-order valence-electron chi connectivity index (χ1n) is 9.14. The topological polar surface area (TPSA) is 58.6 Å². The number of phenolic OH excluding ortho intramolecular Hbond substituents is 1. The molecule has 4 nitrogen and oxygen atoms in total. The van der Waals surface area contributed by atoms with E-state index in [1.807, 2.05) is 6.07 Å². The molecule has 1 aliphatic rings. The number of aromatic hydroxyl groups is 1. The predicted octanol–water partition coefficient (Wildman–Crippen LogP) is 4.18. The van der Waals surface area contributed by atoms with E-state index in [2.05, 4.69) is 5.32 Å². The van der Waals surface area contributed by atoms with Crippen LogP contribution in [-0.4, -0.2) is 23.7 Å². The fourth-order valence-electron chi connectivity index (χ4n) is 3.33. The number of ether oxygens (including phenoxy) is 1. The van der Waals surface area contributed by atoms with Crippen molar-refractivity contribution in [3.8, 4) is 5.75 Å². The fourth-order valence-corrected chi connectivity index (χ4v) is 3.33. The molecule has 1 amide bonds. The van der Waals surface area contributed by atoms with E-state index >= 15 is 0 Å². The van der Waals surface area contributed by atoms with Gasteiger partial charge in [0.15, 0.2) is 11.6 Å². The molecule has 0 heterocycles. The Kier molecular flexibility index (Phi) is 6.40. The molecule has 2 N–H and O–H groups in total. The summed E-state index contributed by atoms with van der Waals surface area (Å²) < 4.78 is 32.4. The third-order valence-electron chi connectivity index (χ3n) is 4.93. The van der Waals surface area contributed by atoms with E-state index in [0.717, 1.165) is 37.3 Å². The first-order chi connectivity index (χ1) is 13.0. The number of halogens is 2. The van der Waals surface area contributed by atoms with Crippen molar-refractivity contribution in [1.82, 2.24) is 5.32 Å². The van der Waals surface area contributed by atoms with E-state index in [9.17, 15) is 18.7 Å². The molecule has 0 unspecified atom stereocenters. The highest BCUT2D eigenvalue weighted by Crippen LogP contribution is 2.26. The van der Waals surface area contributed by atoms with Crippen LogP contribution in [0.25, 0.3) is 0 Å². The van der Waals surface area contributed by atoms with Crippen molar-refractivity contribution in [3.63, 3.8) is 0 Å². The van der Waals surface area contributed by atoms with Crippen LogP contribution in [0.3, 0.4) is 0 Å². The molecule has 3 rings (SSSR count). The summed E-state index contributed by atoms with van der Waals surface area (Å²) in [6, 6.07) is 10.0. The van der Waals surface area contributed by atoms with Crippen molar-refractivity contribution < 1.29 is 23.4 Å². The van der Waals surface area contributed by atoms with E-state index in [4.69, 9.17) is 4.74 Å². The molecular weight excluding hydrogens is 352 g/mol. The minimum absolute atomic E-state index is 0.145. The summed E-state index contributed by atoms with van der Waals surface area (Å²) >= 11 is 0. The number of benzene rings is 2. The normalized spacial score (nSPS) is 19.6. The average Bonchev–Trinajstić information content (AvgIpc) is 2.67. The number of hydrogen-bond acceptors (Lipinski definition) is 3. The van der Waals surface area contributed by atoms with Crippen LogP contribution in [-0.2, 0) is 11.3 Å². The van der Waals surface area contributed by atoms with E-state index < -0.39 is 11.6 Å². The molecule has 0 spiro atoms. The molecule has 1 fully saturated rings. The van der Waals surface area contributed by atoms with Gasteiger partial charge in [-0.25, -0.2) is 8.78 Å². The zero-order chi connectivity index (χ0) is 19.2. The largest absolute Gasteiger partial charge is 0.505 e. The van der Waals surface area contributed by atoms with Gasteiger partial charge in [0, 0.05) is 12.1 Å². The first-order valence-corrected chi connectivity index (χ1v) is 9.14. The second-order valence-electron chi connectivity index (χ2n) is 6.96. The molecule has 1 aliphatic carbocycles. The van der Waals surface area contributed by atoms with Gasteiger partial charge in [0.1, 0.15) is 5.82 Å². The van der Waals surface area contributed by atoms with Gasteiger partial charge < -0.3 is 15.2 Å². The second-order valence-corrected chi connectivity index (χ2v) is 6.96. The van der Waals surface area contributed by atoms with Gasteiger partial charge in [0.05, 0.1) is 12.7 Å². The number of carbonyl (C=O) groups is 1. The molecule has 6 heteroatoms. The summed E-state index contributed by atoms with van der Waals surface area (Å²) in [4.78, 5) is 12.1. The Morgan fingerprint density at radius 2 is 1.89 bits per heavy atom. The predicted molar refractivity (Wildman–Crippen MR) is 97.3 cm³/mol. The van der Waals surface area contributed by atoms with Crippen molar-refractivity contribution in [3.05, 3.63) is 65.2 Å². The van der Waals surface area contributed by atoms with Gasteiger partial charge in [-0.2, -0.15) is 0 Å². The molecule has 1 saturated carbocycles. The van der Waals surface area contributed by atoms with Crippen LogP contribution in [0.4, 0.5) is 8.78 Å². The van der Waals surface area contributed by atoms with Crippen molar-refractivity contribution in [2.24, 2.45) is 5.92 Å². The van der Waals surface area contributed by atoms with Gasteiger partial charge >= 0.3 is 0 Å². The lowest BCUT2D eigenvalue weighted by molar-refractivity contribution is 0.00721. The molecule has 0 radical (unpaired) electrons. The Labute approximate surface area is 157 Å². The van der Waals surface area contributed by atoms with Crippen LogP contribution in [0.2, 0.25) is 0 Å². The van der Waals surface area contributed by atoms with Gasteiger partial charge in [0.25, 0.3) is 5.91 Å². The highest BCUT2D eigenvalue weighted by atomic mass is 19.1. The molecule has 27 heavy (non-hydrogen) atoms. The number of carbonyl (C=O) groups excluding carboxylic acids is 1. The SMILES string of the molecule is O=C(NCC1CCC(OCc2cccc(F)c2)CC1)c1ccc(O)c(F)c1. The number of nitrogens with one attached hydrogen (secondary N) is 1. The van der Waals surface area contributed by atoms with Crippen LogP contribution in [0, 0.1) is 17.6 Å². The van der Waals surface area contributed by atoms with E-state index in [0.29, 0.717) is 19.1 Å². The average molecular weight is 375 g/mol. The van der Waals surface area contributed by atoms with Crippen LogP contribution in [0.5, 0.6) is 5.75 Å². The minimum atomic E-state index is -0.807. The van der Waals surface area contributed by atoms with Crippen LogP contribution in [0.1, 0.15) is 41.6 Å². The van der Waals surface area contributed by atoms with Gasteiger partial charge in [0.2, 0.25) is 0 Å². The van der Waals surface area contributed by atoms with Crippen molar-refractivity contribution in [2.45, 2.75) is 38.4 Å². The van der Waals surface area contributed by atoms with Crippen molar-refractivity contribution in [2.75, 3.05) is 6.54 Å². The number of amides is 1. The molecule has 0 atom stereocenters. The Morgan fingerprint density at radius 1 is 1.11 bits per heavy atom. The number of phenols is 1. The highest BCUT2D eigenvalue weighted by molar-refractivity contribution is 5.94. The van der Waals surface area contributed by atoms with Gasteiger partial charge in [-0.1, -0.05) is 12.1 Å². The van der Waals surface area contributed by atoms with E-state index in [1.165, 1.54) is 24.3 Å². The van der Waals surface area contributed by atoms with Crippen molar-refractivity contribution in [1.29, 1.82) is 0 Å². The maximum absolute atomic E-state index is 13.3. The van der Waals surface area contributed by atoms with Gasteiger partial charge in [-0.3, -0.25) is 4.79 Å². The molecule has 0 aliphatic heterocycles. The van der Waals surface area contributed by atoms with E-state index in [1.54, 1.807) is 6.07 Å². The lowest BCUT2D eigenvalue weighted by Crippen LogP contribution is -2.32. The maximum Gasteiger partial charge on any atom is 0.251 e.